The summed E-state index contributed by atoms with van der Waals surface area (Å²) >= 11 is 0. The molecule has 7 nitrogen and oxygen atoms in total. The second kappa shape index (κ2) is 7.50. The van der Waals surface area contributed by atoms with Crippen molar-refractivity contribution in [3.63, 3.8) is 0 Å². The fraction of sp³-hybridized carbons (Fsp3) is 0.320. The van der Waals surface area contributed by atoms with Crippen molar-refractivity contribution >= 4 is 11.6 Å². The number of benzene rings is 2. The van der Waals surface area contributed by atoms with Crippen LogP contribution in [0.4, 0.5) is 5.69 Å². The maximum atomic E-state index is 13.6. The predicted molar refractivity (Wildman–Crippen MR) is 121 cm³/mol. The lowest BCUT2D eigenvalue weighted by molar-refractivity contribution is 0.0973. The normalized spacial score (nSPS) is 16.6. The third-order valence-corrected chi connectivity index (χ3v) is 6.74. The zero-order chi connectivity index (χ0) is 22.5. The molecular formula is C25H25N5O2. The van der Waals surface area contributed by atoms with Crippen LogP contribution in [0.25, 0.3) is 5.69 Å². The quantitative estimate of drug-likeness (QED) is 0.623. The van der Waals surface area contributed by atoms with Gasteiger partial charge < -0.3 is 9.64 Å². The van der Waals surface area contributed by atoms with Gasteiger partial charge in [-0.1, -0.05) is 12.1 Å². The van der Waals surface area contributed by atoms with Crippen LogP contribution in [-0.2, 0) is 12.0 Å². The van der Waals surface area contributed by atoms with E-state index in [1.807, 2.05) is 36.4 Å². The number of nitrogens with zero attached hydrogens (tertiary/aromatic N) is 5. The first-order valence-electron chi connectivity index (χ1n) is 10.7. The molecule has 1 saturated carbocycles. The van der Waals surface area contributed by atoms with E-state index in [0.29, 0.717) is 29.9 Å². The van der Waals surface area contributed by atoms with Gasteiger partial charge in [-0.2, -0.15) is 10.4 Å². The van der Waals surface area contributed by atoms with Crippen molar-refractivity contribution in [2.24, 2.45) is 0 Å². The first-order valence-corrected chi connectivity index (χ1v) is 10.7. The first kappa shape index (κ1) is 20.3. The molecule has 2 aromatic carbocycles. The highest BCUT2D eigenvalue weighted by Crippen LogP contribution is 2.49. The van der Waals surface area contributed by atoms with Gasteiger partial charge in [0.25, 0.3) is 5.91 Å². The lowest BCUT2D eigenvalue weighted by Gasteiger charge is -2.29. The summed E-state index contributed by atoms with van der Waals surface area (Å²) < 4.78 is 6.82. The molecule has 0 bridgehead atoms. The molecule has 1 aliphatic carbocycles. The van der Waals surface area contributed by atoms with E-state index in [9.17, 15) is 10.1 Å². The van der Waals surface area contributed by atoms with Gasteiger partial charge in [0.2, 0.25) is 0 Å². The van der Waals surface area contributed by atoms with E-state index >= 15 is 0 Å². The Hall–Kier alpha value is -3.63. The van der Waals surface area contributed by atoms with Gasteiger partial charge in [0.05, 0.1) is 12.8 Å². The minimum absolute atomic E-state index is 0.131. The summed E-state index contributed by atoms with van der Waals surface area (Å²) in [5, 5.41) is 14.0. The van der Waals surface area contributed by atoms with E-state index < -0.39 is 0 Å². The molecule has 0 atom stereocenters. The minimum Gasteiger partial charge on any atom is -0.497 e. The smallest absolute Gasteiger partial charge is 0.277 e. The Morgan fingerprint density at radius 3 is 2.28 bits per heavy atom. The Morgan fingerprint density at radius 2 is 1.72 bits per heavy atom. The summed E-state index contributed by atoms with van der Waals surface area (Å²) in [6.45, 7) is 0.521. The molecule has 5 rings (SSSR count). The van der Waals surface area contributed by atoms with Crippen LogP contribution in [-0.4, -0.2) is 48.3 Å². The molecular weight excluding hydrogens is 402 g/mol. The Bertz CT molecular complexity index is 1210. The molecule has 2 aliphatic rings. The van der Waals surface area contributed by atoms with E-state index in [4.69, 9.17) is 4.74 Å². The van der Waals surface area contributed by atoms with E-state index in [1.165, 1.54) is 5.56 Å². The van der Waals surface area contributed by atoms with Gasteiger partial charge in [0.15, 0.2) is 5.69 Å². The minimum atomic E-state index is -0.141. The van der Waals surface area contributed by atoms with Crippen LogP contribution in [0, 0.1) is 11.3 Å². The number of ether oxygens (including phenoxy) is 1. The van der Waals surface area contributed by atoms with Crippen LogP contribution in [0.3, 0.4) is 0 Å². The van der Waals surface area contributed by atoms with Crippen LogP contribution in [0.2, 0.25) is 0 Å². The van der Waals surface area contributed by atoms with Gasteiger partial charge in [-0.15, -0.1) is 0 Å². The summed E-state index contributed by atoms with van der Waals surface area (Å²) in [7, 11) is 5.84. The maximum Gasteiger partial charge on any atom is 0.277 e. The highest BCUT2D eigenvalue weighted by Gasteiger charge is 2.46. The lowest BCUT2D eigenvalue weighted by atomic mass is 10.0. The van der Waals surface area contributed by atoms with Crippen molar-refractivity contribution in [1.29, 1.82) is 5.26 Å². The summed E-state index contributed by atoms with van der Waals surface area (Å²) in [5.41, 5.74) is 4.47. The van der Waals surface area contributed by atoms with E-state index in [2.05, 4.69) is 42.3 Å². The monoisotopic (exact) mass is 427 g/mol. The van der Waals surface area contributed by atoms with Gasteiger partial charge in [-0.3, -0.25) is 9.69 Å². The second-order valence-corrected chi connectivity index (χ2v) is 8.58. The van der Waals surface area contributed by atoms with Crippen molar-refractivity contribution in [2.75, 3.05) is 32.6 Å². The summed E-state index contributed by atoms with van der Waals surface area (Å²) in [4.78, 5) is 17.6. The largest absolute Gasteiger partial charge is 0.497 e. The van der Waals surface area contributed by atoms with Crippen molar-refractivity contribution in [2.45, 2.75) is 24.8 Å². The van der Waals surface area contributed by atoms with Crippen LogP contribution in [0.5, 0.6) is 5.75 Å². The standard InChI is InChI=1S/C25H25N5O2/c1-28(2)25(13-14-25)17-4-6-18(7-5-17)29-15-12-21-22(16-26)27-30(23(21)24(29)31)19-8-10-20(32-3)11-9-19/h4-11H,12-15H2,1-3H3. The number of carbonyl (C=O) groups is 1. The zero-order valence-electron chi connectivity index (χ0n) is 18.5. The number of carbonyl (C=O) groups excluding carboxylic acids is 1. The number of methoxy groups -OCH3 is 1. The Morgan fingerprint density at radius 1 is 1.06 bits per heavy atom. The molecule has 1 fully saturated rings. The molecule has 0 saturated heterocycles. The Balaban J connectivity index is 1.50. The van der Waals surface area contributed by atoms with Crippen molar-refractivity contribution < 1.29 is 9.53 Å². The summed E-state index contributed by atoms with van der Waals surface area (Å²) in [5.74, 6) is 0.576. The number of aromatic nitrogens is 2. The van der Waals surface area contributed by atoms with Crippen LogP contribution in [0.1, 0.15) is 40.2 Å². The third-order valence-electron chi connectivity index (χ3n) is 6.74. The van der Waals surface area contributed by atoms with Gasteiger partial charge in [0.1, 0.15) is 17.5 Å². The van der Waals surface area contributed by atoms with Crippen molar-refractivity contribution in [1.82, 2.24) is 14.7 Å². The maximum absolute atomic E-state index is 13.6. The number of anilines is 1. The molecule has 0 radical (unpaired) electrons. The molecule has 2 heterocycles. The molecule has 7 heteroatoms. The molecule has 162 valence electrons. The van der Waals surface area contributed by atoms with E-state index in [-0.39, 0.29) is 11.4 Å². The molecule has 0 spiro atoms. The fourth-order valence-electron chi connectivity index (χ4n) is 4.67. The predicted octanol–water partition coefficient (Wildman–Crippen LogP) is 3.51. The Kier molecular flexibility index (Phi) is 4.75. The number of hydrogen-bond acceptors (Lipinski definition) is 5. The van der Waals surface area contributed by atoms with Crippen LogP contribution in [0.15, 0.2) is 48.5 Å². The number of nitriles is 1. The molecule has 1 aliphatic heterocycles. The van der Waals surface area contributed by atoms with Gasteiger partial charge in [0, 0.05) is 23.3 Å². The zero-order valence-corrected chi connectivity index (χ0v) is 18.5. The fourth-order valence-corrected chi connectivity index (χ4v) is 4.67. The van der Waals surface area contributed by atoms with Crippen LogP contribution >= 0.6 is 0 Å². The van der Waals surface area contributed by atoms with E-state index in [1.54, 1.807) is 16.7 Å². The molecule has 3 aromatic rings. The van der Waals surface area contributed by atoms with E-state index in [0.717, 1.165) is 30.0 Å². The SMILES string of the molecule is COc1ccc(-n2nc(C#N)c3c2C(=O)N(c2ccc(C4(N(C)C)CC4)cc2)CC3)cc1. The third kappa shape index (κ3) is 3.07. The summed E-state index contributed by atoms with van der Waals surface area (Å²) in [6.07, 6.45) is 2.90. The number of hydrogen-bond donors (Lipinski definition) is 0. The Labute approximate surface area is 187 Å². The van der Waals surface area contributed by atoms with Gasteiger partial charge >= 0.3 is 0 Å². The topological polar surface area (TPSA) is 74.4 Å². The number of fused-ring (bicyclic) bond motifs is 1. The first-order chi connectivity index (χ1) is 15.5. The summed E-state index contributed by atoms with van der Waals surface area (Å²) in [6, 6.07) is 17.8. The lowest BCUT2D eigenvalue weighted by Crippen LogP contribution is -2.39. The molecule has 0 unspecified atom stereocenters. The van der Waals surface area contributed by atoms with Crippen molar-refractivity contribution in [3.05, 3.63) is 71.0 Å². The molecule has 1 amide bonds. The highest BCUT2D eigenvalue weighted by atomic mass is 16.5. The molecule has 32 heavy (non-hydrogen) atoms. The van der Waals surface area contributed by atoms with Gasteiger partial charge in [-0.25, -0.2) is 4.68 Å². The average Bonchev–Trinajstić information content (AvgIpc) is 3.55. The van der Waals surface area contributed by atoms with Gasteiger partial charge in [-0.05, 0) is 75.3 Å². The molecule has 0 N–H and O–H groups in total. The second-order valence-electron chi connectivity index (χ2n) is 8.58. The number of rotatable bonds is 5. The average molecular weight is 428 g/mol. The van der Waals surface area contributed by atoms with Crippen LogP contribution < -0.4 is 9.64 Å². The van der Waals surface area contributed by atoms with Crippen molar-refractivity contribution in [3.8, 4) is 17.5 Å². The molecule has 1 aromatic heterocycles. The number of amides is 1. The highest BCUT2D eigenvalue weighted by molar-refractivity contribution is 6.07.